The first kappa shape index (κ1) is 19.3. The second-order valence-electron chi connectivity index (χ2n) is 7.31. The van der Waals surface area contributed by atoms with Gasteiger partial charge in [0.25, 0.3) is 5.91 Å². The quantitative estimate of drug-likeness (QED) is 0.849. The van der Waals surface area contributed by atoms with Gasteiger partial charge in [-0.3, -0.25) is 4.79 Å². The molecule has 2 heterocycles. The molecule has 0 aliphatic carbocycles. The number of likely N-dealkylation sites (tertiary alicyclic amines) is 1. The molecule has 1 amide bonds. The highest BCUT2D eigenvalue weighted by atomic mass is 32.2. The number of nitrogens with zero attached hydrogens (tertiary/aromatic N) is 2. The van der Waals surface area contributed by atoms with E-state index in [9.17, 15) is 13.2 Å². The van der Waals surface area contributed by atoms with E-state index in [1.165, 1.54) is 0 Å². The minimum atomic E-state index is -3.53. The molecule has 26 heavy (non-hydrogen) atoms. The number of sulfonamides is 1. The van der Waals surface area contributed by atoms with Crippen LogP contribution < -0.4 is 5.32 Å². The summed E-state index contributed by atoms with van der Waals surface area (Å²) in [5.41, 5.74) is 0.464. The molecule has 1 aromatic rings. The van der Waals surface area contributed by atoms with Gasteiger partial charge in [-0.2, -0.15) is 4.31 Å². The molecule has 0 saturated carbocycles. The molecule has 0 spiro atoms. The zero-order valence-corrected chi connectivity index (χ0v) is 16.3. The van der Waals surface area contributed by atoms with E-state index in [0.29, 0.717) is 24.6 Å². The number of hydrogen-bond acceptors (Lipinski definition) is 4. The molecule has 0 bridgehead atoms. The third-order valence-corrected chi connectivity index (χ3v) is 7.24. The van der Waals surface area contributed by atoms with Crippen molar-refractivity contribution in [2.24, 2.45) is 5.92 Å². The second kappa shape index (κ2) is 8.50. The van der Waals surface area contributed by atoms with E-state index in [1.54, 1.807) is 28.6 Å². The van der Waals surface area contributed by atoms with Crippen molar-refractivity contribution in [3.8, 4) is 0 Å². The number of carbonyl (C=O) groups is 1. The lowest BCUT2D eigenvalue weighted by Gasteiger charge is -2.21. The zero-order chi connectivity index (χ0) is 18.6. The van der Waals surface area contributed by atoms with Gasteiger partial charge >= 0.3 is 0 Å². The SMILES string of the molecule is CNCC1CCN(C(=O)c2cccc(S(=O)(=O)N3CCCCCC3)c2)C1. The molecule has 0 aromatic heterocycles. The summed E-state index contributed by atoms with van der Waals surface area (Å²) in [6.07, 6.45) is 4.94. The van der Waals surface area contributed by atoms with Gasteiger partial charge in [0.1, 0.15) is 0 Å². The van der Waals surface area contributed by atoms with Crippen LogP contribution in [0.1, 0.15) is 42.5 Å². The number of amides is 1. The summed E-state index contributed by atoms with van der Waals surface area (Å²) in [5.74, 6) is 0.393. The van der Waals surface area contributed by atoms with Crippen LogP contribution in [0.2, 0.25) is 0 Å². The number of nitrogens with one attached hydrogen (secondary N) is 1. The fraction of sp³-hybridized carbons (Fsp3) is 0.632. The monoisotopic (exact) mass is 379 g/mol. The Morgan fingerprint density at radius 1 is 1.15 bits per heavy atom. The second-order valence-corrected chi connectivity index (χ2v) is 9.25. The summed E-state index contributed by atoms with van der Waals surface area (Å²) in [6, 6.07) is 6.55. The summed E-state index contributed by atoms with van der Waals surface area (Å²) in [6.45, 7) is 3.49. The molecule has 1 unspecified atom stereocenters. The first-order valence-corrected chi connectivity index (χ1v) is 11.0. The van der Waals surface area contributed by atoms with Crippen LogP contribution in [0.4, 0.5) is 0 Å². The third kappa shape index (κ3) is 4.27. The molecule has 6 nitrogen and oxygen atoms in total. The summed E-state index contributed by atoms with van der Waals surface area (Å²) in [5, 5.41) is 3.16. The number of carbonyl (C=O) groups excluding carboxylic acids is 1. The average molecular weight is 380 g/mol. The van der Waals surface area contributed by atoms with Gasteiger partial charge in [0.05, 0.1) is 4.90 Å². The van der Waals surface area contributed by atoms with Gasteiger partial charge in [0.15, 0.2) is 0 Å². The van der Waals surface area contributed by atoms with Gasteiger partial charge in [-0.25, -0.2) is 8.42 Å². The Labute approximate surface area is 156 Å². The van der Waals surface area contributed by atoms with Crippen molar-refractivity contribution in [3.63, 3.8) is 0 Å². The normalized spacial score (nSPS) is 22.3. The van der Waals surface area contributed by atoms with E-state index < -0.39 is 10.0 Å². The van der Waals surface area contributed by atoms with Gasteiger partial charge in [0.2, 0.25) is 10.0 Å². The molecule has 3 rings (SSSR count). The van der Waals surface area contributed by atoms with Crippen molar-refractivity contribution in [2.45, 2.75) is 37.0 Å². The Balaban J connectivity index is 1.76. The lowest BCUT2D eigenvalue weighted by atomic mass is 10.1. The summed E-state index contributed by atoms with van der Waals surface area (Å²) in [7, 11) is -1.61. The molecule has 1 N–H and O–H groups in total. The third-order valence-electron chi connectivity index (χ3n) is 5.35. The fourth-order valence-corrected chi connectivity index (χ4v) is 5.44. The molecule has 7 heteroatoms. The van der Waals surface area contributed by atoms with E-state index >= 15 is 0 Å². The van der Waals surface area contributed by atoms with E-state index in [2.05, 4.69) is 5.32 Å². The number of benzene rings is 1. The Morgan fingerprint density at radius 2 is 1.88 bits per heavy atom. The topological polar surface area (TPSA) is 69.7 Å². The van der Waals surface area contributed by atoms with Crippen molar-refractivity contribution in [1.82, 2.24) is 14.5 Å². The van der Waals surface area contributed by atoms with Gasteiger partial charge in [-0.05, 0) is 57.0 Å². The highest BCUT2D eigenvalue weighted by Crippen LogP contribution is 2.23. The Hall–Kier alpha value is -1.44. The van der Waals surface area contributed by atoms with E-state index in [-0.39, 0.29) is 10.8 Å². The van der Waals surface area contributed by atoms with Crippen LogP contribution in [-0.4, -0.2) is 63.3 Å². The Morgan fingerprint density at radius 3 is 2.58 bits per heavy atom. The minimum absolute atomic E-state index is 0.0727. The molecule has 2 fully saturated rings. The van der Waals surface area contributed by atoms with Crippen LogP contribution >= 0.6 is 0 Å². The van der Waals surface area contributed by atoms with E-state index in [1.807, 2.05) is 11.9 Å². The maximum atomic E-state index is 13.0. The predicted octanol–water partition coefficient (Wildman–Crippen LogP) is 1.93. The van der Waals surface area contributed by atoms with Gasteiger partial charge in [0, 0.05) is 31.7 Å². The molecular weight excluding hydrogens is 350 g/mol. The highest BCUT2D eigenvalue weighted by Gasteiger charge is 2.29. The molecule has 2 aliphatic rings. The fourth-order valence-electron chi connectivity index (χ4n) is 3.88. The van der Waals surface area contributed by atoms with Gasteiger partial charge in [-0.1, -0.05) is 18.9 Å². The first-order chi connectivity index (χ1) is 12.5. The van der Waals surface area contributed by atoms with Crippen LogP contribution in [0.15, 0.2) is 29.2 Å². The molecule has 1 atom stereocenters. The maximum Gasteiger partial charge on any atom is 0.253 e. The lowest BCUT2D eigenvalue weighted by Crippen LogP contribution is -2.33. The van der Waals surface area contributed by atoms with Crippen LogP contribution in [0.5, 0.6) is 0 Å². The molecule has 1 aromatic carbocycles. The van der Waals surface area contributed by atoms with Crippen molar-refractivity contribution < 1.29 is 13.2 Å². The Bertz CT molecular complexity index is 727. The molecule has 2 saturated heterocycles. The molecular formula is C19H29N3O3S. The number of hydrogen-bond donors (Lipinski definition) is 1. The van der Waals surface area contributed by atoms with Crippen LogP contribution in [0.3, 0.4) is 0 Å². The van der Waals surface area contributed by atoms with Crippen LogP contribution in [0, 0.1) is 5.92 Å². The first-order valence-electron chi connectivity index (χ1n) is 9.56. The standard InChI is InChI=1S/C19H29N3O3S/c1-20-14-16-9-12-21(15-16)19(23)17-7-6-8-18(13-17)26(24,25)22-10-4-2-3-5-11-22/h6-8,13,16,20H,2-5,9-12,14-15H2,1H3. The van der Waals surface area contributed by atoms with E-state index in [0.717, 1.165) is 51.7 Å². The van der Waals surface area contributed by atoms with Crippen molar-refractivity contribution in [2.75, 3.05) is 39.8 Å². The van der Waals surface area contributed by atoms with Crippen LogP contribution in [0.25, 0.3) is 0 Å². The Kier molecular flexibility index (Phi) is 6.32. The van der Waals surface area contributed by atoms with Crippen molar-refractivity contribution in [3.05, 3.63) is 29.8 Å². The van der Waals surface area contributed by atoms with Gasteiger partial charge < -0.3 is 10.2 Å². The average Bonchev–Trinajstić information content (AvgIpc) is 2.93. The molecule has 0 radical (unpaired) electrons. The summed E-state index contributed by atoms with van der Waals surface area (Å²) >= 11 is 0. The molecule has 144 valence electrons. The molecule has 2 aliphatic heterocycles. The zero-order valence-electron chi connectivity index (χ0n) is 15.5. The van der Waals surface area contributed by atoms with Gasteiger partial charge in [-0.15, -0.1) is 0 Å². The lowest BCUT2D eigenvalue weighted by molar-refractivity contribution is 0.0787. The van der Waals surface area contributed by atoms with E-state index in [4.69, 9.17) is 0 Å². The summed E-state index contributed by atoms with van der Waals surface area (Å²) < 4.78 is 27.5. The smallest absolute Gasteiger partial charge is 0.253 e. The highest BCUT2D eigenvalue weighted by molar-refractivity contribution is 7.89. The van der Waals surface area contributed by atoms with Crippen molar-refractivity contribution >= 4 is 15.9 Å². The minimum Gasteiger partial charge on any atom is -0.338 e. The predicted molar refractivity (Wildman–Crippen MR) is 102 cm³/mol. The largest absolute Gasteiger partial charge is 0.338 e. The number of rotatable bonds is 5. The summed E-state index contributed by atoms with van der Waals surface area (Å²) in [4.78, 5) is 14.9. The van der Waals surface area contributed by atoms with Crippen LogP contribution in [-0.2, 0) is 10.0 Å². The maximum absolute atomic E-state index is 13.0. The van der Waals surface area contributed by atoms with Crippen molar-refractivity contribution in [1.29, 1.82) is 0 Å².